The summed E-state index contributed by atoms with van der Waals surface area (Å²) in [7, 11) is 0. The van der Waals surface area contributed by atoms with Crippen molar-refractivity contribution in [1.82, 2.24) is 20.3 Å². The van der Waals surface area contributed by atoms with Gasteiger partial charge in [-0.2, -0.15) is 13.2 Å². The zero-order chi connectivity index (χ0) is 14.6. The van der Waals surface area contributed by atoms with Crippen LogP contribution >= 0.6 is 11.3 Å². The van der Waals surface area contributed by atoms with Gasteiger partial charge in [0.2, 0.25) is 0 Å². The maximum atomic E-state index is 12.6. The zero-order valence-electron chi connectivity index (χ0n) is 10.7. The summed E-state index contributed by atoms with van der Waals surface area (Å²) in [5.74, 6) is 0. The first-order valence-corrected chi connectivity index (χ1v) is 6.86. The molecule has 0 radical (unpaired) electrons. The number of hydrogen-bond acceptors (Lipinski definition) is 5. The second kappa shape index (κ2) is 6.27. The van der Waals surface area contributed by atoms with Crippen LogP contribution in [0.25, 0.3) is 0 Å². The fraction of sp³-hybridized carbons (Fsp3) is 0.417. The van der Waals surface area contributed by atoms with E-state index in [-0.39, 0.29) is 0 Å². The maximum Gasteiger partial charge on any atom is 0.443 e. The third-order valence-electron chi connectivity index (χ3n) is 2.53. The molecule has 1 atom stereocenters. The van der Waals surface area contributed by atoms with Crippen molar-refractivity contribution < 1.29 is 13.2 Å². The normalized spacial score (nSPS) is 13.4. The number of nitrogens with one attached hydrogen (secondary N) is 1. The van der Waals surface area contributed by atoms with Crippen LogP contribution in [-0.2, 0) is 6.18 Å². The van der Waals surface area contributed by atoms with Crippen molar-refractivity contribution in [2.24, 2.45) is 0 Å². The number of rotatable bonds is 5. The second-order valence-corrected chi connectivity index (χ2v) is 5.15. The molecule has 0 saturated heterocycles. The lowest BCUT2D eigenvalue weighted by atomic mass is 10.2. The molecule has 8 heteroatoms. The molecule has 0 saturated carbocycles. The molecule has 0 aliphatic carbocycles. The Morgan fingerprint density at radius 3 is 2.60 bits per heavy atom. The van der Waals surface area contributed by atoms with E-state index in [0.29, 0.717) is 28.5 Å². The van der Waals surface area contributed by atoms with Gasteiger partial charge >= 0.3 is 6.18 Å². The Balaban J connectivity index is 2.29. The molecular formula is C12H13F3N4S. The van der Waals surface area contributed by atoms with E-state index in [1.165, 1.54) is 18.6 Å². The third kappa shape index (κ3) is 3.51. The van der Waals surface area contributed by atoms with Crippen LogP contribution in [-0.4, -0.2) is 21.5 Å². The Bertz CT molecular complexity index is 541. The van der Waals surface area contributed by atoms with E-state index < -0.39 is 17.2 Å². The van der Waals surface area contributed by atoms with Crippen LogP contribution < -0.4 is 5.32 Å². The van der Waals surface area contributed by atoms with Gasteiger partial charge in [0.15, 0.2) is 5.01 Å². The molecule has 2 heterocycles. The Kier molecular flexibility index (Phi) is 4.66. The Hall–Kier alpha value is -1.54. The SMILES string of the molecule is CCCNC(c1cnccn1)c1cnc(C(F)(F)F)s1. The van der Waals surface area contributed by atoms with Crippen LogP contribution in [0.4, 0.5) is 13.2 Å². The van der Waals surface area contributed by atoms with Crippen molar-refractivity contribution in [3.8, 4) is 0 Å². The number of alkyl halides is 3. The first kappa shape index (κ1) is 14.9. The minimum absolute atomic E-state index is 0.419. The molecule has 0 aliphatic heterocycles. The lowest BCUT2D eigenvalue weighted by Gasteiger charge is -2.15. The third-order valence-corrected chi connectivity index (χ3v) is 3.63. The highest BCUT2D eigenvalue weighted by Crippen LogP contribution is 2.35. The molecule has 1 N–H and O–H groups in total. The van der Waals surface area contributed by atoms with Crippen LogP contribution in [0.2, 0.25) is 0 Å². The van der Waals surface area contributed by atoms with Crippen molar-refractivity contribution >= 4 is 11.3 Å². The van der Waals surface area contributed by atoms with Gasteiger partial charge < -0.3 is 5.32 Å². The topological polar surface area (TPSA) is 50.7 Å². The van der Waals surface area contributed by atoms with Crippen molar-refractivity contribution in [2.45, 2.75) is 25.6 Å². The largest absolute Gasteiger partial charge is 0.443 e. The maximum absolute atomic E-state index is 12.6. The number of thiazole rings is 1. The summed E-state index contributed by atoms with van der Waals surface area (Å²) in [6.45, 7) is 2.65. The first-order valence-electron chi connectivity index (χ1n) is 6.04. The average molecular weight is 302 g/mol. The van der Waals surface area contributed by atoms with E-state index >= 15 is 0 Å². The summed E-state index contributed by atoms with van der Waals surface area (Å²) in [6, 6.07) is -0.419. The second-order valence-electron chi connectivity index (χ2n) is 4.08. The van der Waals surface area contributed by atoms with Crippen molar-refractivity contribution in [1.29, 1.82) is 0 Å². The van der Waals surface area contributed by atoms with Gasteiger partial charge in [0.05, 0.1) is 17.9 Å². The molecule has 2 rings (SSSR count). The molecule has 0 aromatic carbocycles. The lowest BCUT2D eigenvalue weighted by molar-refractivity contribution is -0.137. The molecule has 0 spiro atoms. The van der Waals surface area contributed by atoms with E-state index in [1.807, 2.05) is 6.92 Å². The molecule has 1 unspecified atom stereocenters. The Morgan fingerprint density at radius 1 is 1.25 bits per heavy atom. The fourth-order valence-electron chi connectivity index (χ4n) is 1.65. The van der Waals surface area contributed by atoms with E-state index in [1.54, 1.807) is 6.20 Å². The van der Waals surface area contributed by atoms with Gasteiger partial charge in [0.25, 0.3) is 0 Å². The molecular weight excluding hydrogens is 289 g/mol. The molecule has 0 aliphatic rings. The number of aromatic nitrogens is 3. The summed E-state index contributed by atoms with van der Waals surface area (Å²) in [5, 5.41) is 2.32. The van der Waals surface area contributed by atoms with E-state index in [2.05, 4.69) is 20.3 Å². The molecule has 20 heavy (non-hydrogen) atoms. The van der Waals surface area contributed by atoms with Gasteiger partial charge in [-0.05, 0) is 13.0 Å². The highest BCUT2D eigenvalue weighted by Gasteiger charge is 2.35. The Labute approximate surface area is 118 Å². The summed E-state index contributed by atoms with van der Waals surface area (Å²) in [6.07, 6.45) is 2.27. The minimum Gasteiger partial charge on any atom is -0.304 e. The fourth-order valence-corrected chi connectivity index (χ4v) is 2.52. The first-order chi connectivity index (χ1) is 9.52. The van der Waals surface area contributed by atoms with E-state index in [0.717, 1.165) is 6.42 Å². The molecule has 0 bridgehead atoms. The van der Waals surface area contributed by atoms with Crippen molar-refractivity contribution in [3.05, 3.63) is 40.4 Å². The van der Waals surface area contributed by atoms with Gasteiger partial charge in [-0.1, -0.05) is 6.92 Å². The lowest BCUT2D eigenvalue weighted by Crippen LogP contribution is -2.23. The van der Waals surface area contributed by atoms with Crippen LogP contribution in [0.3, 0.4) is 0 Å². The summed E-state index contributed by atoms with van der Waals surface area (Å²) < 4.78 is 37.9. The molecule has 2 aromatic heterocycles. The molecule has 4 nitrogen and oxygen atoms in total. The summed E-state index contributed by atoms with van der Waals surface area (Å²) >= 11 is 0.627. The zero-order valence-corrected chi connectivity index (χ0v) is 11.5. The van der Waals surface area contributed by atoms with Crippen molar-refractivity contribution in [3.63, 3.8) is 0 Å². The van der Waals surface area contributed by atoms with Gasteiger partial charge in [0, 0.05) is 23.5 Å². The Morgan fingerprint density at radius 2 is 2.05 bits per heavy atom. The van der Waals surface area contributed by atoms with Crippen LogP contribution in [0.5, 0.6) is 0 Å². The van der Waals surface area contributed by atoms with Crippen LogP contribution in [0.1, 0.15) is 35.0 Å². The van der Waals surface area contributed by atoms with Crippen LogP contribution in [0, 0.1) is 0 Å². The number of halogens is 3. The summed E-state index contributed by atoms with van der Waals surface area (Å²) in [4.78, 5) is 12.0. The average Bonchev–Trinajstić information content (AvgIpc) is 2.90. The standard InChI is InChI=1S/C12H13F3N4S/c1-2-3-18-10(8-6-16-4-5-17-8)9-7-19-11(20-9)12(13,14)15/h4-7,10,18H,2-3H2,1H3. The summed E-state index contributed by atoms with van der Waals surface area (Å²) in [5.41, 5.74) is 0.582. The quantitative estimate of drug-likeness (QED) is 0.922. The number of nitrogens with zero attached hydrogens (tertiary/aromatic N) is 3. The van der Waals surface area contributed by atoms with Gasteiger partial charge in [-0.3, -0.25) is 9.97 Å². The van der Waals surface area contributed by atoms with Gasteiger partial charge in [0.1, 0.15) is 0 Å². The van der Waals surface area contributed by atoms with Crippen molar-refractivity contribution in [2.75, 3.05) is 6.54 Å². The predicted octanol–water partition coefficient (Wildman–Crippen LogP) is 3.04. The molecule has 108 valence electrons. The molecule has 0 amide bonds. The predicted molar refractivity (Wildman–Crippen MR) is 69.3 cm³/mol. The van der Waals surface area contributed by atoms with Crippen LogP contribution in [0.15, 0.2) is 24.8 Å². The molecule has 2 aromatic rings. The minimum atomic E-state index is -4.42. The van der Waals surface area contributed by atoms with Gasteiger partial charge in [-0.25, -0.2) is 4.98 Å². The smallest absolute Gasteiger partial charge is 0.304 e. The monoisotopic (exact) mass is 302 g/mol. The highest BCUT2D eigenvalue weighted by atomic mass is 32.1. The number of hydrogen-bond donors (Lipinski definition) is 1. The molecule has 0 fully saturated rings. The van der Waals surface area contributed by atoms with E-state index in [4.69, 9.17) is 0 Å². The van der Waals surface area contributed by atoms with E-state index in [9.17, 15) is 13.2 Å². The highest BCUT2D eigenvalue weighted by molar-refractivity contribution is 7.11. The van der Waals surface area contributed by atoms with Gasteiger partial charge in [-0.15, -0.1) is 11.3 Å².